The van der Waals surface area contributed by atoms with Gasteiger partial charge in [0.1, 0.15) is 4.90 Å². The van der Waals surface area contributed by atoms with Crippen molar-refractivity contribution in [2.24, 2.45) is 4.99 Å². The van der Waals surface area contributed by atoms with Gasteiger partial charge < -0.3 is 4.18 Å². The van der Waals surface area contributed by atoms with Crippen molar-refractivity contribution in [2.45, 2.75) is 18.2 Å². The standard InChI is InChI=1S/C21H18ClNO3S/c1-2-16-8-11-19(12-9-16)23-15-17-14-18(22)10-13-21(17)26-27(24,25)20-6-4-3-5-7-20/h3-15H,2H2,1H3. The van der Waals surface area contributed by atoms with E-state index in [9.17, 15) is 8.42 Å². The third-order valence-corrected chi connectivity index (χ3v) is 5.38. The lowest BCUT2D eigenvalue weighted by Gasteiger charge is -2.09. The van der Waals surface area contributed by atoms with Crippen LogP contribution in [0.2, 0.25) is 5.02 Å². The van der Waals surface area contributed by atoms with Crippen LogP contribution in [-0.4, -0.2) is 14.6 Å². The van der Waals surface area contributed by atoms with Crippen molar-refractivity contribution < 1.29 is 12.6 Å². The minimum atomic E-state index is -3.95. The molecule has 0 unspecified atom stereocenters. The van der Waals surface area contributed by atoms with E-state index in [0.717, 1.165) is 12.1 Å². The second-order valence-electron chi connectivity index (χ2n) is 5.81. The lowest BCUT2D eigenvalue weighted by molar-refractivity contribution is 0.485. The molecule has 0 aromatic heterocycles. The molecule has 0 saturated heterocycles. The summed E-state index contributed by atoms with van der Waals surface area (Å²) < 4.78 is 30.3. The Morgan fingerprint density at radius 3 is 2.37 bits per heavy atom. The van der Waals surface area contributed by atoms with Gasteiger partial charge in [0, 0.05) is 16.8 Å². The average molecular weight is 400 g/mol. The Labute approximate surface area is 164 Å². The lowest BCUT2D eigenvalue weighted by atomic mass is 10.1. The number of rotatable bonds is 6. The van der Waals surface area contributed by atoms with E-state index in [1.165, 1.54) is 23.8 Å². The summed E-state index contributed by atoms with van der Waals surface area (Å²) >= 11 is 6.06. The Hall–Kier alpha value is -2.63. The van der Waals surface area contributed by atoms with Crippen LogP contribution >= 0.6 is 11.6 Å². The Kier molecular flexibility index (Phi) is 5.94. The normalized spacial score (nSPS) is 11.6. The largest absolute Gasteiger partial charge is 0.378 e. The van der Waals surface area contributed by atoms with Gasteiger partial charge in [0.2, 0.25) is 0 Å². The van der Waals surface area contributed by atoms with Crippen molar-refractivity contribution in [3.8, 4) is 5.75 Å². The van der Waals surface area contributed by atoms with Crippen LogP contribution in [0.1, 0.15) is 18.1 Å². The van der Waals surface area contributed by atoms with Crippen molar-refractivity contribution in [1.82, 2.24) is 0 Å². The fourth-order valence-corrected chi connectivity index (χ4v) is 3.57. The van der Waals surface area contributed by atoms with E-state index in [1.54, 1.807) is 36.5 Å². The fourth-order valence-electron chi connectivity index (χ4n) is 2.41. The van der Waals surface area contributed by atoms with Gasteiger partial charge in [-0.05, 0) is 54.4 Å². The Balaban J connectivity index is 1.90. The molecule has 138 valence electrons. The van der Waals surface area contributed by atoms with Gasteiger partial charge in [0.15, 0.2) is 5.75 Å². The molecule has 0 bridgehead atoms. The second-order valence-corrected chi connectivity index (χ2v) is 7.79. The first kappa shape index (κ1) is 19.1. The van der Waals surface area contributed by atoms with Crippen molar-refractivity contribution in [1.29, 1.82) is 0 Å². The molecule has 0 heterocycles. The molecule has 0 radical (unpaired) electrons. The lowest BCUT2D eigenvalue weighted by Crippen LogP contribution is -2.10. The van der Waals surface area contributed by atoms with E-state index >= 15 is 0 Å². The predicted octanol–water partition coefficient (Wildman–Crippen LogP) is 5.42. The highest BCUT2D eigenvalue weighted by Gasteiger charge is 2.18. The smallest absolute Gasteiger partial charge is 0.339 e. The zero-order valence-corrected chi connectivity index (χ0v) is 16.2. The monoisotopic (exact) mass is 399 g/mol. The molecular weight excluding hydrogens is 382 g/mol. The Bertz CT molecular complexity index is 1050. The van der Waals surface area contributed by atoms with E-state index in [2.05, 4.69) is 11.9 Å². The molecule has 0 aliphatic carbocycles. The van der Waals surface area contributed by atoms with Crippen LogP contribution in [0, 0.1) is 0 Å². The Morgan fingerprint density at radius 2 is 1.70 bits per heavy atom. The highest BCUT2D eigenvalue weighted by molar-refractivity contribution is 7.87. The third-order valence-electron chi connectivity index (χ3n) is 3.90. The van der Waals surface area contributed by atoms with Gasteiger partial charge in [-0.3, -0.25) is 4.99 Å². The van der Waals surface area contributed by atoms with Gasteiger partial charge in [-0.1, -0.05) is 48.9 Å². The van der Waals surface area contributed by atoms with Crippen LogP contribution in [-0.2, 0) is 16.5 Å². The number of aliphatic imine (C=N–C) groups is 1. The van der Waals surface area contributed by atoms with Crippen LogP contribution < -0.4 is 4.18 Å². The van der Waals surface area contributed by atoms with Crippen molar-refractivity contribution in [2.75, 3.05) is 0 Å². The van der Waals surface area contributed by atoms with Crippen LogP contribution in [0.4, 0.5) is 5.69 Å². The summed E-state index contributed by atoms with van der Waals surface area (Å²) in [5.41, 5.74) is 2.44. The zero-order chi connectivity index (χ0) is 19.3. The summed E-state index contributed by atoms with van der Waals surface area (Å²) in [5, 5.41) is 0.460. The van der Waals surface area contributed by atoms with E-state index < -0.39 is 10.1 Å². The number of hydrogen-bond acceptors (Lipinski definition) is 4. The molecule has 4 nitrogen and oxygen atoms in total. The summed E-state index contributed by atoms with van der Waals surface area (Å²) in [4.78, 5) is 4.48. The summed E-state index contributed by atoms with van der Waals surface area (Å²) in [5.74, 6) is 0.164. The number of halogens is 1. The summed E-state index contributed by atoms with van der Waals surface area (Å²) in [6.07, 6.45) is 2.50. The van der Waals surface area contributed by atoms with Crippen LogP contribution in [0.5, 0.6) is 5.75 Å². The quantitative estimate of drug-likeness (QED) is 0.410. The van der Waals surface area contributed by atoms with Gasteiger partial charge in [0.25, 0.3) is 0 Å². The summed E-state index contributed by atoms with van der Waals surface area (Å²) in [6, 6.07) is 20.5. The molecule has 0 atom stereocenters. The maximum Gasteiger partial charge on any atom is 0.339 e. The zero-order valence-electron chi connectivity index (χ0n) is 14.7. The molecule has 3 aromatic carbocycles. The average Bonchev–Trinajstić information content (AvgIpc) is 2.69. The van der Waals surface area contributed by atoms with Crippen LogP contribution in [0.15, 0.2) is 82.7 Å². The number of benzene rings is 3. The topological polar surface area (TPSA) is 55.7 Å². The molecule has 3 aromatic rings. The van der Waals surface area contributed by atoms with Gasteiger partial charge in [-0.2, -0.15) is 8.42 Å². The maximum atomic E-state index is 12.5. The molecule has 0 spiro atoms. The molecular formula is C21H18ClNO3S. The molecule has 6 heteroatoms. The highest BCUT2D eigenvalue weighted by atomic mass is 35.5. The van der Waals surface area contributed by atoms with E-state index in [1.807, 2.05) is 24.3 Å². The molecule has 0 aliphatic rings. The minimum Gasteiger partial charge on any atom is -0.378 e. The van der Waals surface area contributed by atoms with Crippen molar-refractivity contribution >= 4 is 33.6 Å². The van der Waals surface area contributed by atoms with Crippen molar-refractivity contribution in [3.63, 3.8) is 0 Å². The molecule has 0 aliphatic heterocycles. The Morgan fingerprint density at radius 1 is 1.00 bits per heavy atom. The second kappa shape index (κ2) is 8.37. The predicted molar refractivity (Wildman–Crippen MR) is 109 cm³/mol. The molecule has 3 rings (SSSR count). The van der Waals surface area contributed by atoms with Gasteiger partial charge in [-0.15, -0.1) is 0 Å². The first-order valence-corrected chi connectivity index (χ1v) is 10.2. The SMILES string of the molecule is CCc1ccc(N=Cc2cc(Cl)ccc2OS(=O)(=O)c2ccccc2)cc1. The number of nitrogens with zero attached hydrogens (tertiary/aromatic N) is 1. The molecule has 0 saturated carbocycles. The number of aryl methyl sites for hydroxylation is 1. The maximum absolute atomic E-state index is 12.5. The van der Waals surface area contributed by atoms with Gasteiger partial charge in [-0.25, -0.2) is 0 Å². The fraction of sp³-hybridized carbons (Fsp3) is 0.0952. The van der Waals surface area contributed by atoms with Gasteiger partial charge in [0.05, 0.1) is 5.69 Å². The van der Waals surface area contributed by atoms with Crippen LogP contribution in [0.25, 0.3) is 0 Å². The molecule has 0 N–H and O–H groups in total. The van der Waals surface area contributed by atoms with Gasteiger partial charge >= 0.3 is 10.1 Å². The number of hydrogen-bond donors (Lipinski definition) is 0. The van der Waals surface area contributed by atoms with E-state index in [0.29, 0.717) is 10.6 Å². The van der Waals surface area contributed by atoms with Crippen LogP contribution in [0.3, 0.4) is 0 Å². The first-order valence-electron chi connectivity index (χ1n) is 8.40. The molecule has 27 heavy (non-hydrogen) atoms. The third kappa shape index (κ3) is 4.96. The first-order chi connectivity index (χ1) is 13.0. The molecule has 0 amide bonds. The molecule has 0 fully saturated rings. The summed E-state index contributed by atoms with van der Waals surface area (Å²) in [6.45, 7) is 2.08. The highest BCUT2D eigenvalue weighted by Crippen LogP contribution is 2.26. The van der Waals surface area contributed by atoms with Crippen molar-refractivity contribution in [3.05, 3.63) is 88.9 Å². The minimum absolute atomic E-state index is 0.0815. The van der Waals surface area contributed by atoms with E-state index in [4.69, 9.17) is 15.8 Å². The summed E-state index contributed by atoms with van der Waals surface area (Å²) in [7, 11) is -3.95. The van der Waals surface area contributed by atoms with E-state index in [-0.39, 0.29) is 10.6 Å².